The molecule has 0 unspecified atom stereocenters. The third-order valence-electron chi connectivity index (χ3n) is 7.70. The molecule has 0 saturated carbocycles. The van der Waals surface area contributed by atoms with Gasteiger partial charge in [-0.15, -0.1) is 0 Å². The van der Waals surface area contributed by atoms with Crippen LogP contribution in [0.25, 0.3) is 0 Å². The van der Waals surface area contributed by atoms with Crippen LogP contribution in [0.15, 0.2) is 36.4 Å². The summed E-state index contributed by atoms with van der Waals surface area (Å²) in [6.45, 7) is 6.81. The lowest BCUT2D eigenvalue weighted by Gasteiger charge is -2.38. The lowest BCUT2D eigenvalue weighted by atomic mass is 10.00. The Kier molecular flexibility index (Phi) is 11.6. The number of nitrogens with zero attached hydrogens (tertiary/aromatic N) is 2. The number of methoxy groups -OCH3 is 2. The van der Waals surface area contributed by atoms with Crippen LogP contribution in [0, 0.1) is 0 Å². The third-order valence-corrected chi connectivity index (χ3v) is 8.03. The maximum absolute atomic E-state index is 13.0. The quantitative estimate of drug-likeness (QED) is 0.285. The Morgan fingerprint density at radius 3 is 2.54 bits per heavy atom. The Labute approximate surface area is 247 Å². The van der Waals surface area contributed by atoms with Crippen LogP contribution < -0.4 is 15.8 Å². The number of esters is 1. The fourth-order valence-electron chi connectivity index (χ4n) is 5.24. The molecule has 2 atom stereocenters. The van der Waals surface area contributed by atoms with Crippen molar-refractivity contribution < 1.29 is 28.5 Å². The zero-order valence-electron chi connectivity index (χ0n) is 23.9. The largest absolute Gasteiger partial charge is 0.496 e. The standard InChI is InChI=1S/C30H41ClN4O6/c1-38-27-19-25(32)24(31)18-23(27)29(36)33-26-9-11-35(20-28(26)39-2)10-3-4-21-5-7-22(8-6-21)30(37)41-17-14-34-12-15-40-16-13-34/h5-8,18-19,26,28H,3-4,9-17,20,32H2,1-2H3,(H,33,36)/t26-,28+/m1/s1. The molecule has 224 valence electrons. The topological polar surface area (TPSA) is 116 Å². The summed E-state index contributed by atoms with van der Waals surface area (Å²) in [6, 6.07) is 10.6. The van der Waals surface area contributed by atoms with Gasteiger partial charge in [0.1, 0.15) is 12.4 Å². The minimum Gasteiger partial charge on any atom is -0.496 e. The smallest absolute Gasteiger partial charge is 0.338 e. The van der Waals surface area contributed by atoms with E-state index in [0.717, 1.165) is 71.7 Å². The number of aryl methyl sites for hydroxylation is 1. The van der Waals surface area contributed by atoms with Crippen LogP contribution in [-0.4, -0.2) is 107 Å². The first-order chi connectivity index (χ1) is 19.9. The van der Waals surface area contributed by atoms with Gasteiger partial charge in [-0.2, -0.15) is 0 Å². The first kappa shape index (κ1) is 31.1. The number of hydrogen-bond acceptors (Lipinski definition) is 9. The summed E-state index contributed by atoms with van der Waals surface area (Å²) < 4.78 is 21.9. The Balaban J connectivity index is 1.19. The number of amides is 1. The van der Waals surface area contributed by atoms with Gasteiger partial charge in [0.15, 0.2) is 0 Å². The molecule has 2 aliphatic heterocycles. The minimum absolute atomic E-state index is 0.133. The number of carbonyl (C=O) groups is 2. The summed E-state index contributed by atoms with van der Waals surface area (Å²) in [5, 5.41) is 3.40. The van der Waals surface area contributed by atoms with E-state index in [1.165, 1.54) is 18.7 Å². The molecule has 2 aromatic carbocycles. The lowest BCUT2D eigenvalue weighted by Crippen LogP contribution is -2.55. The maximum atomic E-state index is 13.0. The summed E-state index contributed by atoms with van der Waals surface area (Å²) in [7, 11) is 3.16. The van der Waals surface area contributed by atoms with Gasteiger partial charge >= 0.3 is 5.97 Å². The highest BCUT2D eigenvalue weighted by atomic mass is 35.5. The number of nitrogens with one attached hydrogen (secondary N) is 1. The van der Waals surface area contributed by atoms with Gasteiger partial charge in [0.05, 0.1) is 54.3 Å². The van der Waals surface area contributed by atoms with Gasteiger partial charge in [0.2, 0.25) is 0 Å². The van der Waals surface area contributed by atoms with Crippen molar-refractivity contribution in [3.63, 3.8) is 0 Å². The maximum Gasteiger partial charge on any atom is 0.338 e. The van der Waals surface area contributed by atoms with Crippen molar-refractivity contribution in [2.24, 2.45) is 0 Å². The van der Waals surface area contributed by atoms with Crippen molar-refractivity contribution in [3.8, 4) is 5.75 Å². The summed E-state index contributed by atoms with van der Waals surface area (Å²) in [5.74, 6) is -0.179. The molecule has 11 heteroatoms. The fourth-order valence-corrected chi connectivity index (χ4v) is 5.40. The first-order valence-corrected chi connectivity index (χ1v) is 14.5. The van der Waals surface area contributed by atoms with Crippen LogP contribution in [0.2, 0.25) is 5.02 Å². The third kappa shape index (κ3) is 8.80. The van der Waals surface area contributed by atoms with Gasteiger partial charge in [-0.05, 0) is 49.6 Å². The van der Waals surface area contributed by atoms with E-state index in [-0.39, 0.29) is 24.0 Å². The van der Waals surface area contributed by atoms with Crippen molar-refractivity contribution in [3.05, 3.63) is 58.1 Å². The Morgan fingerprint density at radius 1 is 1.07 bits per heavy atom. The molecule has 2 aliphatic rings. The van der Waals surface area contributed by atoms with Gasteiger partial charge in [-0.3, -0.25) is 9.69 Å². The van der Waals surface area contributed by atoms with E-state index in [9.17, 15) is 9.59 Å². The van der Waals surface area contributed by atoms with Crippen LogP contribution in [0.4, 0.5) is 5.69 Å². The number of piperidine rings is 1. The molecule has 10 nitrogen and oxygen atoms in total. The molecule has 0 bridgehead atoms. The molecular weight excluding hydrogens is 548 g/mol. The second kappa shape index (κ2) is 15.4. The molecule has 2 aromatic rings. The predicted octanol–water partition coefficient (Wildman–Crippen LogP) is 2.87. The average molecular weight is 589 g/mol. The highest BCUT2D eigenvalue weighted by molar-refractivity contribution is 6.33. The van der Waals surface area contributed by atoms with Crippen molar-refractivity contribution in [2.45, 2.75) is 31.4 Å². The van der Waals surface area contributed by atoms with Crippen LogP contribution in [0.5, 0.6) is 5.75 Å². The van der Waals surface area contributed by atoms with Crippen LogP contribution in [-0.2, 0) is 20.6 Å². The Hall–Kier alpha value is -2.89. The number of hydrogen-bond donors (Lipinski definition) is 2. The van der Waals surface area contributed by atoms with Crippen LogP contribution in [0.3, 0.4) is 0 Å². The van der Waals surface area contributed by atoms with Gasteiger partial charge in [-0.1, -0.05) is 23.7 Å². The lowest BCUT2D eigenvalue weighted by molar-refractivity contribution is 0.00616. The number of morpholine rings is 1. The van der Waals surface area contributed by atoms with Crippen molar-refractivity contribution >= 4 is 29.2 Å². The van der Waals surface area contributed by atoms with E-state index in [4.69, 9.17) is 36.3 Å². The molecule has 41 heavy (non-hydrogen) atoms. The second-order valence-corrected chi connectivity index (χ2v) is 10.8. The van der Waals surface area contributed by atoms with E-state index < -0.39 is 0 Å². The number of ether oxygens (including phenoxy) is 4. The van der Waals surface area contributed by atoms with E-state index >= 15 is 0 Å². The number of benzene rings is 2. The van der Waals surface area contributed by atoms with Gasteiger partial charge < -0.3 is 34.9 Å². The number of likely N-dealkylation sites (tertiary alicyclic amines) is 1. The zero-order valence-corrected chi connectivity index (χ0v) is 24.7. The molecule has 2 saturated heterocycles. The highest BCUT2D eigenvalue weighted by Gasteiger charge is 2.31. The Bertz CT molecular complexity index is 1160. The van der Waals surface area contributed by atoms with Crippen molar-refractivity contribution in [1.29, 1.82) is 0 Å². The molecule has 0 aliphatic carbocycles. The normalized spacial score (nSPS) is 20.0. The van der Waals surface area contributed by atoms with Crippen molar-refractivity contribution in [1.82, 2.24) is 15.1 Å². The van der Waals surface area contributed by atoms with Crippen LogP contribution in [0.1, 0.15) is 39.1 Å². The summed E-state index contributed by atoms with van der Waals surface area (Å²) >= 11 is 6.14. The highest BCUT2D eigenvalue weighted by Crippen LogP contribution is 2.29. The summed E-state index contributed by atoms with van der Waals surface area (Å²) in [4.78, 5) is 30.0. The van der Waals surface area contributed by atoms with Gasteiger partial charge in [0, 0.05) is 45.9 Å². The number of anilines is 1. The summed E-state index contributed by atoms with van der Waals surface area (Å²) in [6.07, 6.45) is 2.49. The molecule has 3 N–H and O–H groups in total. The molecule has 2 heterocycles. The number of halogens is 1. The monoisotopic (exact) mass is 588 g/mol. The van der Waals surface area contributed by atoms with E-state index in [1.54, 1.807) is 13.2 Å². The minimum atomic E-state index is -0.289. The number of rotatable bonds is 12. The first-order valence-electron chi connectivity index (χ1n) is 14.1. The van der Waals surface area contributed by atoms with E-state index in [2.05, 4.69) is 15.1 Å². The fraction of sp³-hybridized carbons (Fsp3) is 0.533. The predicted molar refractivity (Wildman–Crippen MR) is 158 cm³/mol. The molecule has 0 spiro atoms. The molecule has 0 aromatic heterocycles. The number of nitrogen functional groups attached to an aromatic ring is 1. The Morgan fingerprint density at radius 2 is 1.83 bits per heavy atom. The summed E-state index contributed by atoms with van der Waals surface area (Å²) in [5.41, 5.74) is 8.30. The zero-order chi connectivity index (χ0) is 29.2. The molecule has 4 rings (SSSR count). The molecule has 0 radical (unpaired) electrons. The SMILES string of the molecule is COc1cc(N)c(Cl)cc1C(=O)N[C@@H]1CCN(CCCc2ccc(C(=O)OCCN3CCOCC3)cc2)C[C@@H]1OC. The van der Waals surface area contributed by atoms with Gasteiger partial charge in [-0.25, -0.2) is 4.79 Å². The molecule has 1 amide bonds. The number of nitrogens with two attached hydrogens (primary N) is 1. The molecule has 2 fully saturated rings. The second-order valence-electron chi connectivity index (χ2n) is 10.4. The van der Waals surface area contributed by atoms with Crippen LogP contribution >= 0.6 is 11.6 Å². The van der Waals surface area contributed by atoms with E-state index in [0.29, 0.717) is 34.2 Å². The van der Waals surface area contributed by atoms with Gasteiger partial charge in [0.25, 0.3) is 5.91 Å². The van der Waals surface area contributed by atoms with Crippen molar-refractivity contribution in [2.75, 3.05) is 79.0 Å². The molecular formula is C30H41ClN4O6. The van der Waals surface area contributed by atoms with E-state index in [1.807, 2.05) is 24.3 Å². The average Bonchev–Trinajstić information content (AvgIpc) is 2.99. The number of carbonyl (C=O) groups excluding carboxylic acids is 2.